The first kappa shape index (κ1) is 15.4. The Bertz CT molecular complexity index is 426. The molecule has 2 N–H and O–H groups in total. The number of carbonyl (C=O) groups excluding carboxylic acids is 2. The number of rotatable bonds is 7. The van der Waals surface area contributed by atoms with Crippen LogP contribution in [0.5, 0.6) is 0 Å². The van der Waals surface area contributed by atoms with E-state index in [0.717, 1.165) is 12.0 Å². The summed E-state index contributed by atoms with van der Waals surface area (Å²) in [6, 6.07) is 7.37. The Kier molecular flexibility index (Phi) is 6.22. The zero-order chi connectivity index (χ0) is 14.3. The summed E-state index contributed by atoms with van der Waals surface area (Å²) in [6.07, 6.45) is 0.921. The minimum absolute atomic E-state index is 0.0349. The average molecular weight is 263 g/mol. The largest absolute Gasteiger partial charge is 0.466 e. The van der Waals surface area contributed by atoms with Gasteiger partial charge in [-0.05, 0) is 25.5 Å². The Hall–Kier alpha value is -1.68. The Morgan fingerprint density at radius 3 is 2.42 bits per heavy atom. The van der Waals surface area contributed by atoms with Crippen molar-refractivity contribution in [3.05, 3.63) is 35.4 Å². The van der Waals surface area contributed by atoms with Gasteiger partial charge in [0.05, 0.1) is 13.0 Å². The van der Waals surface area contributed by atoms with Crippen LogP contribution in [0.25, 0.3) is 0 Å². The highest BCUT2D eigenvalue weighted by Gasteiger charge is 2.19. The lowest BCUT2D eigenvalue weighted by molar-refractivity contribution is -0.143. The van der Waals surface area contributed by atoms with Crippen LogP contribution in [0, 0.1) is 5.92 Å². The average Bonchev–Trinajstić information content (AvgIpc) is 2.39. The molecular weight excluding hydrogens is 242 g/mol. The van der Waals surface area contributed by atoms with Gasteiger partial charge in [0.2, 0.25) is 0 Å². The lowest BCUT2D eigenvalue weighted by atomic mass is 9.95. The van der Waals surface area contributed by atoms with Crippen molar-refractivity contribution >= 4 is 11.8 Å². The normalized spacial score (nSPS) is 11.9. The van der Waals surface area contributed by atoms with Crippen LogP contribution in [0.1, 0.15) is 36.2 Å². The van der Waals surface area contributed by atoms with Gasteiger partial charge in [-0.25, -0.2) is 0 Å². The van der Waals surface area contributed by atoms with Crippen molar-refractivity contribution in [3.63, 3.8) is 0 Å². The molecule has 1 aromatic rings. The molecule has 0 fully saturated rings. The molecule has 1 unspecified atom stereocenters. The van der Waals surface area contributed by atoms with Gasteiger partial charge in [-0.15, -0.1) is 0 Å². The molecule has 0 aliphatic carbocycles. The van der Waals surface area contributed by atoms with E-state index in [1.54, 1.807) is 26.0 Å². The molecule has 0 saturated heterocycles. The van der Waals surface area contributed by atoms with Crippen LogP contribution in [0.4, 0.5) is 0 Å². The fourth-order valence-corrected chi connectivity index (χ4v) is 1.85. The molecule has 104 valence electrons. The fraction of sp³-hybridized carbons (Fsp3) is 0.467. The molecule has 19 heavy (non-hydrogen) atoms. The molecule has 0 aliphatic rings. The lowest BCUT2D eigenvalue weighted by Gasteiger charge is -2.10. The molecular formula is C15H21NO3. The summed E-state index contributed by atoms with van der Waals surface area (Å²) in [5.74, 6) is -0.727. The second kappa shape index (κ2) is 7.69. The minimum atomic E-state index is -0.362. The van der Waals surface area contributed by atoms with Gasteiger partial charge in [0, 0.05) is 11.5 Å². The Balaban J connectivity index is 2.63. The third-order valence-corrected chi connectivity index (χ3v) is 2.90. The van der Waals surface area contributed by atoms with Crippen LogP contribution in [0.3, 0.4) is 0 Å². The van der Waals surface area contributed by atoms with E-state index in [4.69, 9.17) is 10.5 Å². The number of ketones is 1. The fourth-order valence-electron chi connectivity index (χ4n) is 1.85. The Morgan fingerprint density at radius 2 is 1.89 bits per heavy atom. The smallest absolute Gasteiger partial charge is 0.306 e. The predicted octanol–water partition coefficient (Wildman–Crippen LogP) is 1.96. The maximum absolute atomic E-state index is 12.1. The van der Waals surface area contributed by atoms with Crippen molar-refractivity contribution in [3.8, 4) is 0 Å². The first-order valence-corrected chi connectivity index (χ1v) is 6.57. The highest BCUT2D eigenvalue weighted by Crippen LogP contribution is 2.14. The number of carbonyl (C=O) groups is 2. The van der Waals surface area contributed by atoms with Crippen molar-refractivity contribution in [1.82, 2.24) is 0 Å². The summed E-state index contributed by atoms with van der Waals surface area (Å²) in [5.41, 5.74) is 7.20. The molecule has 0 saturated carbocycles. The van der Waals surface area contributed by atoms with E-state index in [1.165, 1.54) is 0 Å². The van der Waals surface area contributed by atoms with Crippen LogP contribution in [-0.4, -0.2) is 24.9 Å². The predicted molar refractivity (Wildman–Crippen MR) is 73.9 cm³/mol. The second-order valence-electron chi connectivity index (χ2n) is 4.51. The van der Waals surface area contributed by atoms with Gasteiger partial charge >= 0.3 is 5.97 Å². The van der Waals surface area contributed by atoms with Gasteiger partial charge in [0.25, 0.3) is 0 Å². The lowest BCUT2D eigenvalue weighted by Crippen LogP contribution is -2.17. The number of hydrogen-bond donors (Lipinski definition) is 1. The van der Waals surface area contributed by atoms with Crippen molar-refractivity contribution in [2.45, 2.75) is 26.7 Å². The first-order valence-electron chi connectivity index (χ1n) is 6.57. The highest BCUT2D eigenvalue weighted by atomic mass is 16.5. The third-order valence-electron chi connectivity index (χ3n) is 2.90. The number of Topliss-reactive ketones (excluding diaryl/α,β-unsaturated/α-hetero) is 1. The second-order valence-corrected chi connectivity index (χ2v) is 4.51. The molecule has 4 heteroatoms. The van der Waals surface area contributed by atoms with Crippen LogP contribution < -0.4 is 5.73 Å². The zero-order valence-electron chi connectivity index (χ0n) is 11.5. The quantitative estimate of drug-likeness (QED) is 0.603. The Labute approximate surface area is 113 Å². The number of esters is 1. The number of benzene rings is 1. The molecule has 0 heterocycles. The van der Waals surface area contributed by atoms with Gasteiger partial charge in [0.1, 0.15) is 0 Å². The van der Waals surface area contributed by atoms with Gasteiger partial charge < -0.3 is 10.5 Å². The molecule has 0 aromatic heterocycles. The number of nitrogens with two attached hydrogens (primary N) is 1. The molecule has 0 radical (unpaired) electrons. The summed E-state index contributed by atoms with van der Waals surface area (Å²) < 4.78 is 4.84. The Morgan fingerprint density at radius 1 is 1.26 bits per heavy atom. The molecule has 1 aromatic carbocycles. The van der Waals surface area contributed by atoms with Crippen molar-refractivity contribution < 1.29 is 14.3 Å². The standard InChI is InChI=1S/C15H21NO3/c1-3-19-14(17)10-11(2)15(18)13-6-4-12(5-7-13)8-9-16/h4-7,11H,3,8-10,16H2,1-2H3. The highest BCUT2D eigenvalue weighted by molar-refractivity contribution is 5.99. The summed E-state index contributed by atoms with van der Waals surface area (Å²) in [6.45, 7) is 4.42. The van der Waals surface area contributed by atoms with E-state index in [-0.39, 0.29) is 24.1 Å². The van der Waals surface area contributed by atoms with E-state index < -0.39 is 0 Å². The molecule has 4 nitrogen and oxygen atoms in total. The van der Waals surface area contributed by atoms with Crippen LogP contribution in [0.15, 0.2) is 24.3 Å². The molecule has 1 rings (SSSR count). The molecule has 0 bridgehead atoms. The molecule has 1 atom stereocenters. The van der Waals surface area contributed by atoms with Gasteiger partial charge in [-0.1, -0.05) is 31.2 Å². The monoisotopic (exact) mass is 263 g/mol. The van der Waals surface area contributed by atoms with Gasteiger partial charge in [-0.2, -0.15) is 0 Å². The topological polar surface area (TPSA) is 69.4 Å². The molecule has 0 spiro atoms. The maximum atomic E-state index is 12.1. The SMILES string of the molecule is CCOC(=O)CC(C)C(=O)c1ccc(CCN)cc1. The van der Waals surface area contributed by atoms with Crippen molar-refractivity contribution in [2.75, 3.05) is 13.2 Å². The van der Waals surface area contributed by atoms with E-state index in [9.17, 15) is 9.59 Å². The maximum Gasteiger partial charge on any atom is 0.306 e. The van der Waals surface area contributed by atoms with Crippen molar-refractivity contribution in [2.24, 2.45) is 11.7 Å². The van der Waals surface area contributed by atoms with E-state index >= 15 is 0 Å². The van der Waals surface area contributed by atoms with Gasteiger partial charge in [-0.3, -0.25) is 9.59 Å². The van der Waals surface area contributed by atoms with Gasteiger partial charge in [0.15, 0.2) is 5.78 Å². The van der Waals surface area contributed by atoms with Crippen molar-refractivity contribution in [1.29, 1.82) is 0 Å². The summed E-state index contributed by atoms with van der Waals surface area (Å²) >= 11 is 0. The molecule has 0 aliphatic heterocycles. The summed E-state index contributed by atoms with van der Waals surface area (Å²) in [4.78, 5) is 23.5. The van der Waals surface area contributed by atoms with E-state index in [1.807, 2.05) is 12.1 Å². The minimum Gasteiger partial charge on any atom is -0.466 e. The van der Waals surface area contributed by atoms with Crippen LogP contribution >= 0.6 is 0 Å². The summed E-state index contributed by atoms with van der Waals surface area (Å²) in [5, 5.41) is 0. The van der Waals surface area contributed by atoms with E-state index in [0.29, 0.717) is 18.7 Å². The number of ether oxygens (including phenoxy) is 1. The van der Waals surface area contributed by atoms with Crippen LogP contribution in [-0.2, 0) is 16.0 Å². The van der Waals surface area contributed by atoms with E-state index in [2.05, 4.69) is 0 Å². The molecule has 0 amide bonds. The third kappa shape index (κ3) is 4.83. The summed E-state index contributed by atoms with van der Waals surface area (Å²) in [7, 11) is 0. The van der Waals surface area contributed by atoms with Crippen LogP contribution in [0.2, 0.25) is 0 Å². The first-order chi connectivity index (χ1) is 9.08. The number of hydrogen-bond acceptors (Lipinski definition) is 4. The zero-order valence-corrected chi connectivity index (χ0v) is 11.5.